The Morgan fingerprint density at radius 3 is 2.24 bits per heavy atom. The molecule has 0 atom stereocenters. The molecule has 4 aromatic rings. The molecule has 3 aromatic carbocycles. The summed E-state index contributed by atoms with van der Waals surface area (Å²) in [6, 6.07) is 19.4. The third-order valence-electron chi connectivity index (χ3n) is 5.44. The number of hydrogen-bond acceptors (Lipinski definition) is 5. The molecule has 0 bridgehead atoms. The van der Waals surface area contributed by atoms with E-state index >= 15 is 0 Å². The zero-order valence-corrected chi connectivity index (χ0v) is 18.1. The highest BCUT2D eigenvalue weighted by atomic mass is 19.1. The average molecular weight is 447 g/mol. The van der Waals surface area contributed by atoms with Crippen molar-refractivity contribution in [1.82, 2.24) is 4.57 Å². The number of ether oxygens (including phenoxy) is 2. The van der Waals surface area contributed by atoms with Gasteiger partial charge in [0.25, 0.3) is 0 Å². The van der Waals surface area contributed by atoms with Crippen LogP contribution in [0.25, 0.3) is 11.3 Å². The minimum absolute atomic E-state index is 0.112. The summed E-state index contributed by atoms with van der Waals surface area (Å²) in [6.07, 6.45) is 0. The first-order valence-corrected chi connectivity index (χ1v) is 10.2. The Kier molecular flexibility index (Phi) is 6.04. The highest BCUT2D eigenvalue weighted by Gasteiger charge is 2.30. The second kappa shape index (κ2) is 9.08. The third kappa shape index (κ3) is 4.01. The van der Waals surface area contributed by atoms with Crippen LogP contribution in [0.1, 0.15) is 21.5 Å². The van der Waals surface area contributed by atoms with Crippen molar-refractivity contribution in [2.45, 2.75) is 6.54 Å². The van der Waals surface area contributed by atoms with Gasteiger partial charge in [0.2, 0.25) is 5.88 Å². The molecule has 2 N–H and O–H groups in total. The fourth-order valence-electron chi connectivity index (χ4n) is 3.77. The van der Waals surface area contributed by atoms with Gasteiger partial charge in [-0.25, -0.2) is 4.39 Å². The molecule has 1 heterocycles. The summed E-state index contributed by atoms with van der Waals surface area (Å²) in [6.45, 7) is -0.116. The fraction of sp³-hybridized carbons (Fsp3) is 0.115. The topological polar surface area (TPSA) is 80.9 Å². The maximum absolute atomic E-state index is 14.4. The SMILES string of the molecule is COc1ccc(C(=O)c2c(O)c(O)n(Cc3ccccc3F)c2-c2ccccc2OC)cc1. The first-order chi connectivity index (χ1) is 16.0. The summed E-state index contributed by atoms with van der Waals surface area (Å²) in [5.41, 5.74) is 1.13. The number of aromatic hydroxyl groups is 2. The number of methoxy groups -OCH3 is 2. The molecule has 0 amide bonds. The van der Waals surface area contributed by atoms with Gasteiger partial charge in [-0.1, -0.05) is 30.3 Å². The van der Waals surface area contributed by atoms with Crippen LogP contribution in [0.2, 0.25) is 0 Å². The number of para-hydroxylation sites is 1. The maximum Gasteiger partial charge on any atom is 0.236 e. The van der Waals surface area contributed by atoms with E-state index in [9.17, 15) is 19.4 Å². The maximum atomic E-state index is 14.4. The van der Waals surface area contributed by atoms with Crippen molar-refractivity contribution < 1.29 is 28.9 Å². The number of benzene rings is 3. The van der Waals surface area contributed by atoms with Crippen LogP contribution in [-0.4, -0.2) is 34.8 Å². The number of rotatable bonds is 7. The molecular formula is C26H22FNO5. The van der Waals surface area contributed by atoms with Crippen LogP contribution in [-0.2, 0) is 6.54 Å². The molecule has 0 fully saturated rings. The van der Waals surface area contributed by atoms with Crippen LogP contribution in [0.3, 0.4) is 0 Å². The lowest BCUT2D eigenvalue weighted by Crippen LogP contribution is -2.08. The number of carbonyl (C=O) groups is 1. The lowest BCUT2D eigenvalue weighted by Gasteiger charge is -2.15. The summed E-state index contributed by atoms with van der Waals surface area (Å²) < 4.78 is 26.4. The molecule has 1 aromatic heterocycles. The highest BCUT2D eigenvalue weighted by Crippen LogP contribution is 2.45. The number of carbonyl (C=O) groups excluding carboxylic acids is 1. The first-order valence-electron chi connectivity index (χ1n) is 10.2. The van der Waals surface area contributed by atoms with Crippen molar-refractivity contribution >= 4 is 5.78 Å². The van der Waals surface area contributed by atoms with E-state index in [1.165, 1.54) is 24.9 Å². The lowest BCUT2D eigenvalue weighted by atomic mass is 9.98. The van der Waals surface area contributed by atoms with Gasteiger partial charge in [0, 0.05) is 16.7 Å². The number of ketones is 1. The van der Waals surface area contributed by atoms with Crippen LogP contribution in [0, 0.1) is 5.82 Å². The Morgan fingerprint density at radius 1 is 0.909 bits per heavy atom. The van der Waals surface area contributed by atoms with Crippen molar-refractivity contribution in [3.8, 4) is 34.4 Å². The molecular weight excluding hydrogens is 425 g/mol. The summed E-state index contributed by atoms with van der Waals surface area (Å²) in [4.78, 5) is 13.5. The lowest BCUT2D eigenvalue weighted by molar-refractivity contribution is 0.103. The zero-order valence-electron chi connectivity index (χ0n) is 18.1. The fourth-order valence-corrected chi connectivity index (χ4v) is 3.77. The number of hydrogen-bond donors (Lipinski definition) is 2. The Balaban J connectivity index is 1.96. The Morgan fingerprint density at radius 2 is 1.58 bits per heavy atom. The van der Waals surface area contributed by atoms with Gasteiger partial charge in [0.15, 0.2) is 11.5 Å². The van der Waals surface area contributed by atoms with E-state index in [1.807, 2.05) is 0 Å². The van der Waals surface area contributed by atoms with Crippen molar-refractivity contribution in [3.05, 3.63) is 95.3 Å². The van der Waals surface area contributed by atoms with Gasteiger partial charge in [-0.2, -0.15) is 0 Å². The monoisotopic (exact) mass is 447 g/mol. The van der Waals surface area contributed by atoms with Gasteiger partial charge in [-0.3, -0.25) is 4.79 Å². The second-order valence-corrected chi connectivity index (χ2v) is 7.33. The Hall–Kier alpha value is -4.26. The van der Waals surface area contributed by atoms with Crippen LogP contribution in [0.4, 0.5) is 4.39 Å². The van der Waals surface area contributed by atoms with E-state index in [0.29, 0.717) is 17.1 Å². The predicted octanol–water partition coefficient (Wildman–Crippen LogP) is 5.00. The molecule has 0 aliphatic rings. The van der Waals surface area contributed by atoms with E-state index < -0.39 is 23.2 Å². The van der Waals surface area contributed by atoms with Crippen LogP contribution in [0.15, 0.2) is 72.8 Å². The van der Waals surface area contributed by atoms with E-state index in [-0.39, 0.29) is 28.9 Å². The highest BCUT2D eigenvalue weighted by molar-refractivity contribution is 6.15. The van der Waals surface area contributed by atoms with E-state index in [1.54, 1.807) is 66.7 Å². The van der Waals surface area contributed by atoms with Crippen molar-refractivity contribution in [1.29, 1.82) is 0 Å². The molecule has 4 rings (SSSR count). The van der Waals surface area contributed by atoms with Crippen LogP contribution >= 0.6 is 0 Å². The van der Waals surface area contributed by atoms with Crippen molar-refractivity contribution in [2.75, 3.05) is 14.2 Å². The molecule has 0 saturated carbocycles. The molecule has 168 valence electrons. The predicted molar refractivity (Wildman–Crippen MR) is 122 cm³/mol. The van der Waals surface area contributed by atoms with Gasteiger partial charge in [-0.05, 0) is 42.5 Å². The number of aromatic nitrogens is 1. The number of halogens is 1. The van der Waals surface area contributed by atoms with Crippen LogP contribution in [0.5, 0.6) is 23.1 Å². The summed E-state index contributed by atoms with van der Waals surface area (Å²) in [5, 5.41) is 21.7. The van der Waals surface area contributed by atoms with Gasteiger partial charge in [0.1, 0.15) is 17.3 Å². The van der Waals surface area contributed by atoms with Crippen molar-refractivity contribution in [2.24, 2.45) is 0 Å². The molecule has 0 aliphatic heterocycles. The molecule has 33 heavy (non-hydrogen) atoms. The molecule has 7 heteroatoms. The Labute approximate surface area is 190 Å². The molecule has 0 unspecified atom stereocenters. The van der Waals surface area contributed by atoms with E-state index in [2.05, 4.69) is 0 Å². The minimum atomic E-state index is -0.590. The quantitative estimate of drug-likeness (QED) is 0.390. The zero-order chi connectivity index (χ0) is 23.5. The van der Waals surface area contributed by atoms with Gasteiger partial charge >= 0.3 is 0 Å². The number of nitrogens with zero attached hydrogens (tertiary/aromatic N) is 1. The van der Waals surface area contributed by atoms with E-state index in [4.69, 9.17) is 9.47 Å². The molecule has 0 saturated heterocycles. The molecule has 0 spiro atoms. The smallest absolute Gasteiger partial charge is 0.236 e. The minimum Gasteiger partial charge on any atom is -0.503 e. The van der Waals surface area contributed by atoms with E-state index in [0.717, 1.165) is 0 Å². The molecule has 6 nitrogen and oxygen atoms in total. The van der Waals surface area contributed by atoms with Crippen molar-refractivity contribution in [3.63, 3.8) is 0 Å². The summed E-state index contributed by atoms with van der Waals surface area (Å²) in [7, 11) is 3.00. The Bertz CT molecular complexity index is 1310. The van der Waals surface area contributed by atoms with Crippen LogP contribution < -0.4 is 9.47 Å². The summed E-state index contributed by atoms with van der Waals surface area (Å²) >= 11 is 0. The standard InChI is InChI=1S/C26H22FNO5/c1-32-18-13-11-16(12-14-18)24(29)22-23(19-8-4-6-10-21(19)33-2)28(26(31)25(22)30)15-17-7-3-5-9-20(17)27/h3-14,30-31H,15H2,1-2H3. The van der Waals surface area contributed by atoms with Gasteiger partial charge in [-0.15, -0.1) is 0 Å². The second-order valence-electron chi connectivity index (χ2n) is 7.33. The average Bonchev–Trinajstić information content (AvgIpc) is 3.09. The molecule has 0 radical (unpaired) electrons. The summed E-state index contributed by atoms with van der Waals surface area (Å²) in [5.74, 6) is -1.13. The normalized spacial score (nSPS) is 10.8. The third-order valence-corrected chi connectivity index (χ3v) is 5.44. The first kappa shape index (κ1) is 22.0. The largest absolute Gasteiger partial charge is 0.503 e. The van der Waals surface area contributed by atoms with Gasteiger partial charge in [0.05, 0.1) is 32.0 Å². The molecule has 0 aliphatic carbocycles. The van der Waals surface area contributed by atoms with Gasteiger partial charge < -0.3 is 24.3 Å².